The molecule has 0 aliphatic rings. The quantitative estimate of drug-likeness (QED) is 0.582. The van der Waals surface area contributed by atoms with Gasteiger partial charge in [0.15, 0.2) is 0 Å². The normalized spacial score (nSPS) is 12.7. The molecule has 1 N–H and O–H groups in total. The molecule has 3 aromatic rings. The molecule has 0 spiro atoms. The second-order valence-corrected chi connectivity index (χ2v) is 9.92. The third kappa shape index (κ3) is 3.50. The Hall–Kier alpha value is -2.00. The van der Waals surface area contributed by atoms with Crippen LogP contribution in [0.4, 0.5) is 0 Å². The van der Waals surface area contributed by atoms with E-state index in [1.165, 1.54) is 0 Å². The molecule has 0 bridgehead atoms. The lowest BCUT2D eigenvalue weighted by Crippen LogP contribution is -2.19. The maximum Gasteiger partial charge on any atom is 0.289 e. The number of benzene rings is 3. The van der Waals surface area contributed by atoms with E-state index in [1.807, 2.05) is 48.5 Å². The van der Waals surface area contributed by atoms with Gasteiger partial charge in [0.25, 0.3) is 9.74 Å². The fourth-order valence-electron chi connectivity index (χ4n) is 2.47. The molecule has 0 radical (unpaired) electrons. The highest BCUT2D eigenvalue weighted by atomic mass is 32.8. The minimum Gasteiger partial charge on any atom is -0.282 e. The first-order valence-corrected chi connectivity index (χ1v) is 10.4. The van der Waals surface area contributed by atoms with E-state index in [-0.39, 0.29) is 0 Å². The summed E-state index contributed by atoms with van der Waals surface area (Å²) in [6.07, 6.45) is 0. The second-order valence-electron chi connectivity index (χ2n) is 4.96. The summed E-state index contributed by atoms with van der Waals surface area (Å²) >= 11 is 0. The maximum atomic E-state index is 12.1. The monoisotopic (exact) mass is 342 g/mol. The topological polar surface area (TPSA) is 54.4 Å². The van der Waals surface area contributed by atoms with Crippen LogP contribution in [0.3, 0.4) is 0 Å². The molecule has 5 heteroatoms. The van der Waals surface area contributed by atoms with E-state index in [0.717, 1.165) is 11.1 Å². The van der Waals surface area contributed by atoms with Gasteiger partial charge in [-0.15, -0.1) is 0 Å². The van der Waals surface area contributed by atoms with Gasteiger partial charge in [0, 0.05) is 5.30 Å². The van der Waals surface area contributed by atoms with E-state index in [1.54, 1.807) is 36.4 Å². The molecule has 0 aliphatic carbocycles. The van der Waals surface area contributed by atoms with Crippen LogP contribution in [0.2, 0.25) is 0 Å². The standard InChI is InChI=1S/C18H15O3PS/c19-23(20,21)22(16-11-5-2-6-12-16)18-14-8-7-13-17(18)15-9-3-1-4-10-15/h1-14H,(H,19,20,21). The smallest absolute Gasteiger partial charge is 0.282 e. The third-order valence-corrected chi connectivity index (χ3v) is 8.09. The molecule has 3 rings (SSSR count). The molecule has 0 aromatic heterocycles. The van der Waals surface area contributed by atoms with E-state index >= 15 is 0 Å². The van der Waals surface area contributed by atoms with Crippen molar-refractivity contribution in [3.63, 3.8) is 0 Å². The van der Waals surface area contributed by atoms with Crippen LogP contribution in [-0.2, 0) is 9.74 Å². The van der Waals surface area contributed by atoms with Gasteiger partial charge in [-0.2, -0.15) is 8.42 Å². The molecular formula is C18H15O3PS. The van der Waals surface area contributed by atoms with Crippen molar-refractivity contribution in [3.05, 3.63) is 84.9 Å². The van der Waals surface area contributed by atoms with Crippen molar-refractivity contribution >= 4 is 27.5 Å². The fourth-order valence-corrected chi connectivity index (χ4v) is 6.74. The Balaban J connectivity index is 2.23. The molecule has 0 fully saturated rings. The zero-order chi connectivity index (χ0) is 16.3. The average Bonchev–Trinajstić information content (AvgIpc) is 2.56. The maximum absolute atomic E-state index is 12.1. The molecular weight excluding hydrogens is 327 g/mol. The van der Waals surface area contributed by atoms with Gasteiger partial charge in [-0.05, 0) is 16.4 Å². The summed E-state index contributed by atoms with van der Waals surface area (Å²) in [7, 11) is -6.15. The van der Waals surface area contributed by atoms with Crippen LogP contribution in [0.5, 0.6) is 0 Å². The summed E-state index contributed by atoms with van der Waals surface area (Å²) in [4.78, 5) is 0. The SMILES string of the molecule is O=S(=O)(O)P(c1ccccc1)c1ccccc1-c1ccccc1. The Bertz CT molecular complexity index is 894. The summed E-state index contributed by atoms with van der Waals surface area (Å²) < 4.78 is 34.1. The minimum atomic E-state index is -4.24. The number of rotatable bonds is 4. The summed E-state index contributed by atoms with van der Waals surface area (Å²) in [5.74, 6) is 0. The van der Waals surface area contributed by atoms with Crippen molar-refractivity contribution in [1.29, 1.82) is 0 Å². The van der Waals surface area contributed by atoms with E-state index in [4.69, 9.17) is 0 Å². The van der Waals surface area contributed by atoms with Gasteiger partial charge in [0.2, 0.25) is 0 Å². The Morgan fingerprint density at radius 3 is 1.83 bits per heavy atom. The van der Waals surface area contributed by atoms with Gasteiger partial charge in [-0.25, -0.2) is 0 Å². The van der Waals surface area contributed by atoms with Crippen LogP contribution in [0.1, 0.15) is 0 Å². The largest absolute Gasteiger partial charge is 0.289 e. The predicted molar refractivity (Wildman–Crippen MR) is 96.1 cm³/mol. The molecule has 1 unspecified atom stereocenters. The van der Waals surface area contributed by atoms with Gasteiger partial charge in [-0.1, -0.05) is 84.9 Å². The number of hydrogen-bond donors (Lipinski definition) is 1. The van der Waals surface area contributed by atoms with E-state index in [2.05, 4.69) is 0 Å². The Morgan fingerprint density at radius 1 is 0.696 bits per heavy atom. The molecule has 0 heterocycles. The molecule has 23 heavy (non-hydrogen) atoms. The molecule has 1 atom stereocenters. The van der Waals surface area contributed by atoms with Crippen molar-refractivity contribution in [3.8, 4) is 11.1 Å². The molecule has 0 saturated heterocycles. The highest BCUT2D eigenvalue weighted by Crippen LogP contribution is 2.42. The summed E-state index contributed by atoms with van der Waals surface area (Å²) in [5, 5.41) is 1.23. The average molecular weight is 342 g/mol. The Morgan fingerprint density at radius 2 is 1.22 bits per heavy atom. The van der Waals surface area contributed by atoms with Crippen molar-refractivity contribution in [1.82, 2.24) is 0 Å². The van der Waals surface area contributed by atoms with Gasteiger partial charge < -0.3 is 0 Å². The lowest BCUT2D eigenvalue weighted by molar-refractivity contribution is 0.502. The molecule has 3 aromatic carbocycles. The summed E-state index contributed by atoms with van der Waals surface area (Å²) in [5.41, 5.74) is 1.75. The molecule has 0 aliphatic heterocycles. The Labute approximate surface area is 136 Å². The van der Waals surface area contributed by atoms with Crippen LogP contribution < -0.4 is 10.6 Å². The van der Waals surface area contributed by atoms with Crippen molar-refractivity contribution in [2.75, 3.05) is 0 Å². The van der Waals surface area contributed by atoms with Gasteiger partial charge >= 0.3 is 0 Å². The van der Waals surface area contributed by atoms with Gasteiger partial charge in [-0.3, -0.25) is 4.55 Å². The van der Waals surface area contributed by atoms with Crippen LogP contribution >= 0.6 is 7.12 Å². The van der Waals surface area contributed by atoms with E-state index in [9.17, 15) is 13.0 Å². The Kier molecular flexibility index (Phi) is 4.58. The van der Waals surface area contributed by atoms with Crippen LogP contribution in [-0.4, -0.2) is 13.0 Å². The van der Waals surface area contributed by atoms with Crippen molar-refractivity contribution < 1.29 is 13.0 Å². The highest BCUT2D eigenvalue weighted by molar-refractivity contribution is 8.52. The minimum absolute atomic E-state index is 0.605. The highest BCUT2D eigenvalue weighted by Gasteiger charge is 2.29. The zero-order valence-corrected chi connectivity index (χ0v) is 13.9. The molecule has 0 amide bonds. The first-order chi connectivity index (χ1) is 11.1. The van der Waals surface area contributed by atoms with Crippen molar-refractivity contribution in [2.45, 2.75) is 0 Å². The van der Waals surface area contributed by atoms with Gasteiger partial charge in [0.1, 0.15) is 7.12 Å². The molecule has 116 valence electrons. The zero-order valence-electron chi connectivity index (χ0n) is 12.2. The molecule has 3 nitrogen and oxygen atoms in total. The van der Waals surface area contributed by atoms with Gasteiger partial charge in [0.05, 0.1) is 0 Å². The lowest BCUT2D eigenvalue weighted by atomic mass is 10.1. The van der Waals surface area contributed by atoms with Crippen LogP contribution in [0.25, 0.3) is 11.1 Å². The van der Waals surface area contributed by atoms with Crippen molar-refractivity contribution in [2.24, 2.45) is 0 Å². The first-order valence-electron chi connectivity index (χ1n) is 7.04. The fraction of sp³-hybridized carbons (Fsp3) is 0. The van der Waals surface area contributed by atoms with Crippen LogP contribution in [0, 0.1) is 0 Å². The molecule has 0 saturated carbocycles. The first kappa shape index (κ1) is 15.9. The van der Waals surface area contributed by atoms with Crippen LogP contribution in [0.15, 0.2) is 84.9 Å². The number of hydrogen-bond acceptors (Lipinski definition) is 2. The predicted octanol–water partition coefficient (Wildman–Crippen LogP) is 3.59. The second kappa shape index (κ2) is 6.63. The summed E-state index contributed by atoms with van der Waals surface area (Å²) in [6, 6.07) is 25.8. The summed E-state index contributed by atoms with van der Waals surface area (Å²) in [6.45, 7) is 0. The van der Waals surface area contributed by atoms with E-state index in [0.29, 0.717) is 10.6 Å². The third-order valence-electron chi connectivity index (χ3n) is 3.43. The van der Waals surface area contributed by atoms with E-state index < -0.39 is 16.9 Å². The lowest BCUT2D eigenvalue weighted by Gasteiger charge is -2.18.